The summed E-state index contributed by atoms with van der Waals surface area (Å²) in [6, 6.07) is 36.0. The van der Waals surface area contributed by atoms with Crippen LogP contribution in [-0.2, 0) is 33.3 Å². The van der Waals surface area contributed by atoms with Gasteiger partial charge in [-0.1, -0.05) is 124 Å². The summed E-state index contributed by atoms with van der Waals surface area (Å²) in [5, 5.41) is 8.67. The molecule has 3 unspecified atom stereocenters. The van der Waals surface area contributed by atoms with E-state index in [2.05, 4.69) is 59.3 Å². The average molecular weight is 1040 g/mol. The van der Waals surface area contributed by atoms with E-state index in [4.69, 9.17) is 23.7 Å². The molecule has 0 aromatic heterocycles. The number of quaternary nitrogens is 1. The van der Waals surface area contributed by atoms with Gasteiger partial charge in [-0.2, -0.15) is 0 Å². The number of benzene rings is 4. The molecule has 6 atom stereocenters. The molecule has 4 aromatic rings. The number of likely N-dealkylation sites (tertiary alicyclic amines) is 2. The van der Waals surface area contributed by atoms with E-state index in [0.717, 1.165) is 34.2 Å². The number of alkyl carbamates (subject to hydrolysis) is 1. The molecule has 2 fully saturated rings. The number of piperidine rings is 2. The number of carbonyl (C=O) groups excluding carboxylic acids is 5. The quantitative estimate of drug-likeness (QED) is 0.0731. The summed E-state index contributed by atoms with van der Waals surface area (Å²) in [5.41, 5.74) is 5.39. The molecule has 1 aliphatic carbocycles. The molecule has 3 aliphatic rings. The third-order valence-corrected chi connectivity index (χ3v) is 12.7. The molecule has 2 heterocycles. The minimum absolute atomic E-state index is 0. The van der Waals surface area contributed by atoms with Gasteiger partial charge >= 0.3 is 30.2 Å². The largest absolute Gasteiger partial charge is 1.00 e. The van der Waals surface area contributed by atoms with Crippen LogP contribution in [0.15, 0.2) is 109 Å². The van der Waals surface area contributed by atoms with E-state index in [1.165, 1.54) is 5.56 Å². The van der Waals surface area contributed by atoms with Gasteiger partial charge in [0, 0.05) is 50.1 Å². The highest BCUT2D eigenvalue weighted by molar-refractivity contribution is 5.79. The highest BCUT2D eigenvalue weighted by Crippen LogP contribution is 2.44. The summed E-state index contributed by atoms with van der Waals surface area (Å²) in [7, 11) is 0. The number of halogens is 1. The van der Waals surface area contributed by atoms with E-state index >= 15 is 0 Å². The maximum absolute atomic E-state index is 13.3. The zero-order chi connectivity index (χ0) is 51.3. The van der Waals surface area contributed by atoms with Crippen LogP contribution in [0.1, 0.15) is 130 Å². The van der Waals surface area contributed by atoms with Crippen LogP contribution in [0, 0.1) is 11.8 Å². The smallest absolute Gasteiger partial charge is 0.410 e. The minimum atomic E-state index is -0.660. The number of nitrogens with one attached hydrogen (secondary N) is 2. The van der Waals surface area contributed by atoms with Crippen LogP contribution in [0.3, 0.4) is 0 Å². The Balaban J connectivity index is 0.000000417. The Morgan fingerprint density at radius 1 is 0.622 bits per heavy atom. The lowest BCUT2D eigenvalue weighted by Gasteiger charge is -2.39. The van der Waals surface area contributed by atoms with E-state index in [9.17, 15) is 24.0 Å². The summed E-state index contributed by atoms with van der Waals surface area (Å²) in [4.78, 5) is 67.4. The molecule has 406 valence electrons. The molecular formula is C58H82ClN5O10. The summed E-state index contributed by atoms with van der Waals surface area (Å²) in [5.74, 6) is -1.75. The van der Waals surface area contributed by atoms with Gasteiger partial charge in [0.25, 0.3) is 0 Å². The monoisotopic (exact) mass is 1040 g/mol. The molecule has 2 saturated heterocycles. The van der Waals surface area contributed by atoms with Gasteiger partial charge < -0.3 is 56.5 Å². The molecule has 15 nitrogen and oxygen atoms in total. The van der Waals surface area contributed by atoms with Crippen molar-refractivity contribution in [2.24, 2.45) is 11.8 Å². The first kappa shape index (κ1) is 62.1. The third-order valence-electron chi connectivity index (χ3n) is 12.7. The van der Waals surface area contributed by atoms with Crippen molar-refractivity contribution in [3.05, 3.63) is 131 Å². The number of nitrogens with zero attached hydrogens (tertiary/aromatic N) is 2. The number of hydrogen-bond acceptors (Lipinski definition) is 11. The first-order valence-corrected chi connectivity index (χ1v) is 25.0. The average Bonchev–Trinajstić information content (AvgIpc) is 3.66. The topological polar surface area (TPSA) is 179 Å². The number of ether oxygens (including phenoxy) is 5. The Morgan fingerprint density at radius 3 is 1.57 bits per heavy atom. The van der Waals surface area contributed by atoms with Crippen LogP contribution < -0.4 is 28.4 Å². The molecule has 74 heavy (non-hydrogen) atoms. The van der Waals surface area contributed by atoms with Crippen molar-refractivity contribution < 1.29 is 65.4 Å². The van der Waals surface area contributed by atoms with Gasteiger partial charge in [-0.15, -0.1) is 0 Å². The molecule has 0 bridgehead atoms. The molecular weight excluding hydrogens is 962 g/mol. The second-order valence-electron chi connectivity index (χ2n) is 20.3. The Labute approximate surface area is 446 Å². The molecule has 3 amide bonds. The van der Waals surface area contributed by atoms with Crippen LogP contribution in [-0.4, -0.2) is 109 Å². The standard InChI is InChI=1S/C35H41N3O6.C21H32N2O4.2CH4.ClH/c1-5-42-32(39)28-21-38(34(41)44-35(2,3)4)20-19-30(28)36-31(23-13-7-6-8-14-23)37-33(40)43-22-29-26-17-11-9-15-24(26)25-16-10-12-18-27(25)29;1-6-26-19(24)17-14-23(20(25)27-21(3,4)5)13-12-18(17)22-15(2)16-10-8-7-9-11-16;;;/h6-18,28-31,36H,5,19-22H2,1-4H3,(H,37,40);7-11,15,17-18,22H,6,12-14H2,1-5H3;2*1H4;1H/t28-,30?,31-;15-,17?,18?;;;/m11.../s1. The second-order valence-corrected chi connectivity index (χ2v) is 20.3. The lowest BCUT2D eigenvalue weighted by atomic mass is 9.91. The first-order chi connectivity index (χ1) is 33.8. The van der Waals surface area contributed by atoms with Crippen molar-refractivity contribution in [3.8, 4) is 11.1 Å². The van der Waals surface area contributed by atoms with Gasteiger partial charge in [-0.3, -0.25) is 14.9 Å². The van der Waals surface area contributed by atoms with E-state index in [0.29, 0.717) is 32.7 Å². The number of esters is 2. The van der Waals surface area contributed by atoms with Crippen LogP contribution in [0.4, 0.5) is 14.4 Å². The molecule has 4 aromatic carbocycles. The number of nitrogens with two attached hydrogens (primary N) is 1. The van der Waals surface area contributed by atoms with Gasteiger partial charge in [0.05, 0.1) is 19.1 Å². The Hall–Kier alpha value is -6.16. The van der Waals surface area contributed by atoms with Gasteiger partial charge in [0.15, 0.2) is 0 Å². The number of carbonyl (C=O) groups is 5. The fraction of sp³-hybridized carbons (Fsp3) is 0.500. The number of hydrogen-bond donors (Lipinski definition) is 3. The van der Waals surface area contributed by atoms with Crippen molar-refractivity contribution >= 4 is 30.2 Å². The third kappa shape index (κ3) is 17.2. The van der Waals surface area contributed by atoms with Crippen LogP contribution in [0.25, 0.3) is 11.1 Å². The Bertz CT molecular complexity index is 2370. The summed E-state index contributed by atoms with van der Waals surface area (Å²) in [6.45, 7) is 18.8. The van der Waals surface area contributed by atoms with Crippen LogP contribution in [0.2, 0.25) is 0 Å². The maximum atomic E-state index is 13.3. The normalized spacial score (nSPS) is 18.8. The Kier molecular flexibility index (Phi) is 23.9. The van der Waals surface area contributed by atoms with Crippen molar-refractivity contribution in [3.63, 3.8) is 0 Å². The summed E-state index contributed by atoms with van der Waals surface area (Å²) in [6.07, 6.45) is -0.889. The minimum Gasteiger partial charge on any atom is -1.00 e. The lowest BCUT2D eigenvalue weighted by molar-refractivity contribution is -0.731. The first-order valence-electron chi connectivity index (χ1n) is 25.0. The molecule has 4 N–H and O–H groups in total. The predicted octanol–water partition coefficient (Wildman–Crippen LogP) is 6.78. The zero-order valence-corrected chi connectivity index (χ0v) is 44.0. The van der Waals surface area contributed by atoms with E-state index < -0.39 is 41.4 Å². The number of rotatable bonds is 13. The van der Waals surface area contributed by atoms with Crippen molar-refractivity contribution in [1.82, 2.24) is 20.4 Å². The van der Waals surface area contributed by atoms with Gasteiger partial charge in [-0.25, -0.2) is 14.4 Å². The fourth-order valence-electron chi connectivity index (χ4n) is 9.40. The predicted molar refractivity (Wildman–Crippen MR) is 283 cm³/mol. The van der Waals surface area contributed by atoms with E-state index in [1.54, 1.807) is 23.6 Å². The molecule has 0 radical (unpaired) electrons. The second kappa shape index (κ2) is 28.5. The number of fused-ring (bicyclic) bond motifs is 3. The zero-order valence-electron chi connectivity index (χ0n) is 43.2. The number of amides is 3. The van der Waals surface area contributed by atoms with Gasteiger partial charge in [-0.05, 0) is 96.6 Å². The molecule has 2 aliphatic heterocycles. The molecule has 0 spiro atoms. The maximum Gasteiger partial charge on any atom is 0.410 e. The van der Waals surface area contributed by atoms with E-state index in [1.807, 2.05) is 114 Å². The van der Waals surface area contributed by atoms with Crippen molar-refractivity contribution in [1.29, 1.82) is 0 Å². The molecule has 0 saturated carbocycles. The lowest BCUT2D eigenvalue weighted by Crippen LogP contribution is -3.00. The highest BCUT2D eigenvalue weighted by Gasteiger charge is 2.42. The molecule has 16 heteroatoms. The summed E-state index contributed by atoms with van der Waals surface area (Å²) < 4.78 is 27.6. The van der Waals surface area contributed by atoms with E-state index in [-0.39, 0.29) is 89.0 Å². The van der Waals surface area contributed by atoms with Crippen LogP contribution >= 0.6 is 0 Å². The van der Waals surface area contributed by atoms with Crippen molar-refractivity contribution in [2.45, 2.75) is 131 Å². The van der Waals surface area contributed by atoms with Crippen LogP contribution in [0.5, 0.6) is 0 Å². The Morgan fingerprint density at radius 2 is 1.07 bits per heavy atom. The van der Waals surface area contributed by atoms with Gasteiger partial charge in [0.1, 0.15) is 42.0 Å². The fourth-order valence-corrected chi connectivity index (χ4v) is 9.40. The summed E-state index contributed by atoms with van der Waals surface area (Å²) >= 11 is 0. The highest BCUT2D eigenvalue weighted by atomic mass is 35.5. The van der Waals surface area contributed by atoms with Crippen molar-refractivity contribution in [2.75, 3.05) is 46.0 Å². The SMILES string of the molecule is C.C.CCOC(=O)C1CN(C(=O)OC(C)(C)C)CCC1[NH2+][C@H](C)c1ccccc1.CCOC(=O)[C@@H]1CN(C(=O)OC(C)(C)C)CCC1N[C@H](NC(=O)OCC1c2ccccc2-c2ccccc21)c1ccccc1.[Cl-]. The molecule has 7 rings (SSSR count). The van der Waals surface area contributed by atoms with Gasteiger partial charge in [0.2, 0.25) is 0 Å².